The van der Waals surface area contributed by atoms with Crippen LogP contribution in [0.2, 0.25) is 0 Å². The maximum absolute atomic E-state index is 13.2. The molecule has 43 heavy (non-hydrogen) atoms. The van der Waals surface area contributed by atoms with Gasteiger partial charge in [0.1, 0.15) is 12.1 Å². The van der Waals surface area contributed by atoms with E-state index in [1.165, 1.54) is 4.90 Å². The van der Waals surface area contributed by atoms with E-state index in [2.05, 4.69) is 16.0 Å². The highest BCUT2D eigenvalue weighted by Gasteiger charge is 2.42. The van der Waals surface area contributed by atoms with Crippen LogP contribution in [0.5, 0.6) is 0 Å². The lowest BCUT2D eigenvalue weighted by atomic mass is 9.91. The SMILES string of the molecule is CCC(C)C(NC(=O)C(CC(C)C)NC(=O)O)C(=O)C(=O)N1CC(C(=O)NC(Cc2ccc3ccccc3c2)C(N)=O)C1. The molecule has 1 aliphatic rings. The van der Waals surface area contributed by atoms with Gasteiger partial charge in [-0.05, 0) is 34.6 Å². The van der Waals surface area contributed by atoms with E-state index in [-0.39, 0.29) is 31.8 Å². The molecule has 12 nitrogen and oxygen atoms in total. The summed E-state index contributed by atoms with van der Waals surface area (Å²) in [5.74, 6) is -4.57. The average molecular weight is 596 g/mol. The molecule has 0 spiro atoms. The molecule has 12 heteroatoms. The van der Waals surface area contributed by atoms with Crippen molar-refractivity contribution >= 4 is 46.3 Å². The number of hydrogen-bond acceptors (Lipinski definition) is 6. The number of rotatable bonds is 14. The van der Waals surface area contributed by atoms with Crippen molar-refractivity contribution in [1.29, 1.82) is 0 Å². The number of nitrogens with zero attached hydrogens (tertiary/aromatic N) is 1. The molecule has 0 radical (unpaired) electrons. The molecule has 1 heterocycles. The van der Waals surface area contributed by atoms with E-state index in [9.17, 15) is 28.8 Å². The van der Waals surface area contributed by atoms with Crippen LogP contribution < -0.4 is 21.7 Å². The van der Waals surface area contributed by atoms with E-state index < -0.39 is 65.5 Å². The maximum Gasteiger partial charge on any atom is 0.405 e. The first-order valence-electron chi connectivity index (χ1n) is 14.5. The van der Waals surface area contributed by atoms with Gasteiger partial charge >= 0.3 is 6.09 Å². The third-order valence-electron chi connectivity index (χ3n) is 7.78. The van der Waals surface area contributed by atoms with Gasteiger partial charge in [-0.3, -0.25) is 24.0 Å². The Labute approximate surface area is 250 Å². The van der Waals surface area contributed by atoms with E-state index in [1.807, 2.05) is 56.3 Å². The number of carbonyl (C=O) groups excluding carboxylic acids is 5. The van der Waals surface area contributed by atoms with Crippen LogP contribution in [0.3, 0.4) is 0 Å². The third kappa shape index (κ3) is 8.76. The Morgan fingerprint density at radius 1 is 0.930 bits per heavy atom. The minimum Gasteiger partial charge on any atom is -0.465 e. The minimum absolute atomic E-state index is 0.00659. The maximum atomic E-state index is 13.2. The molecule has 232 valence electrons. The van der Waals surface area contributed by atoms with Crippen LogP contribution >= 0.6 is 0 Å². The lowest BCUT2D eigenvalue weighted by molar-refractivity contribution is -0.153. The van der Waals surface area contributed by atoms with Gasteiger partial charge in [-0.15, -0.1) is 0 Å². The summed E-state index contributed by atoms with van der Waals surface area (Å²) in [7, 11) is 0. The predicted octanol–water partition coefficient (Wildman–Crippen LogP) is 1.59. The second kappa shape index (κ2) is 14.6. The number of carbonyl (C=O) groups is 6. The Kier molecular flexibility index (Phi) is 11.2. The molecule has 1 aliphatic heterocycles. The number of nitrogens with one attached hydrogen (secondary N) is 3. The number of amides is 5. The molecular formula is C31H41N5O7. The largest absolute Gasteiger partial charge is 0.465 e. The predicted molar refractivity (Wildman–Crippen MR) is 160 cm³/mol. The van der Waals surface area contributed by atoms with Gasteiger partial charge in [0.15, 0.2) is 0 Å². The molecule has 1 fully saturated rings. The number of ketones is 1. The molecular weight excluding hydrogens is 554 g/mol. The number of primary amides is 1. The minimum atomic E-state index is -1.37. The average Bonchev–Trinajstić information content (AvgIpc) is 2.92. The van der Waals surface area contributed by atoms with Crippen LogP contribution in [0, 0.1) is 17.8 Å². The quantitative estimate of drug-likeness (QED) is 0.205. The lowest BCUT2D eigenvalue weighted by Crippen LogP contribution is -2.62. The topological polar surface area (TPSA) is 188 Å². The van der Waals surface area contributed by atoms with Crippen molar-refractivity contribution in [3.05, 3.63) is 48.0 Å². The molecule has 0 aliphatic carbocycles. The molecule has 4 atom stereocenters. The van der Waals surface area contributed by atoms with Gasteiger partial charge in [0.05, 0.1) is 12.0 Å². The van der Waals surface area contributed by atoms with Crippen LogP contribution in [-0.2, 0) is 30.4 Å². The van der Waals surface area contributed by atoms with Crippen molar-refractivity contribution in [2.75, 3.05) is 13.1 Å². The van der Waals surface area contributed by atoms with E-state index in [0.717, 1.165) is 16.3 Å². The van der Waals surface area contributed by atoms with Gasteiger partial charge in [-0.1, -0.05) is 76.6 Å². The summed E-state index contributed by atoms with van der Waals surface area (Å²) in [6, 6.07) is 10.3. The number of likely N-dealkylation sites (tertiary alicyclic amines) is 1. The molecule has 6 N–H and O–H groups in total. The first kappa shape index (κ1) is 33.0. The van der Waals surface area contributed by atoms with Crippen molar-refractivity contribution in [2.45, 2.75) is 65.1 Å². The Bertz CT molecular complexity index is 1370. The summed E-state index contributed by atoms with van der Waals surface area (Å²) in [6.45, 7) is 7.11. The second-order valence-corrected chi connectivity index (χ2v) is 11.6. The normalized spacial score (nSPS) is 16.0. The van der Waals surface area contributed by atoms with Gasteiger partial charge in [0.25, 0.3) is 5.91 Å². The summed E-state index contributed by atoms with van der Waals surface area (Å²) in [4.78, 5) is 76.7. The zero-order valence-electron chi connectivity index (χ0n) is 25.0. The first-order chi connectivity index (χ1) is 20.3. The first-order valence-corrected chi connectivity index (χ1v) is 14.5. The van der Waals surface area contributed by atoms with Crippen LogP contribution in [-0.4, -0.2) is 76.7 Å². The van der Waals surface area contributed by atoms with Gasteiger partial charge < -0.3 is 31.7 Å². The number of hydrogen-bond donors (Lipinski definition) is 5. The zero-order valence-corrected chi connectivity index (χ0v) is 25.0. The second-order valence-electron chi connectivity index (χ2n) is 11.6. The van der Waals surface area contributed by atoms with Crippen molar-refractivity contribution in [3.63, 3.8) is 0 Å². The van der Waals surface area contributed by atoms with Gasteiger partial charge in [-0.2, -0.15) is 0 Å². The summed E-state index contributed by atoms with van der Waals surface area (Å²) >= 11 is 0. The number of Topliss-reactive ketones (excluding diaryl/α,β-unsaturated/α-hetero) is 1. The zero-order chi connectivity index (χ0) is 31.8. The fraction of sp³-hybridized carbons (Fsp3) is 0.484. The lowest BCUT2D eigenvalue weighted by Gasteiger charge is -2.39. The highest BCUT2D eigenvalue weighted by atomic mass is 16.4. The fourth-order valence-electron chi connectivity index (χ4n) is 5.02. The summed E-state index contributed by atoms with van der Waals surface area (Å²) in [5.41, 5.74) is 6.40. The standard InChI is InChI=1S/C31H41N5O7/c1-5-18(4)25(35-29(40)24(12-17(2)3)34-31(42)43)26(37)30(41)36-15-22(16-36)28(39)33-23(27(32)38)14-19-10-11-20-8-6-7-9-21(20)13-19/h6-11,13,17-18,22-25,34H,5,12,14-16H2,1-4H3,(H2,32,38)(H,33,39)(H,35,40)(H,42,43). The summed E-state index contributed by atoms with van der Waals surface area (Å²) < 4.78 is 0. The molecule has 4 unspecified atom stereocenters. The smallest absolute Gasteiger partial charge is 0.405 e. The van der Waals surface area contributed by atoms with Gasteiger partial charge in [-0.25, -0.2) is 4.79 Å². The molecule has 5 amide bonds. The third-order valence-corrected chi connectivity index (χ3v) is 7.78. The number of carboxylic acid groups (broad SMARTS) is 1. The monoisotopic (exact) mass is 595 g/mol. The number of benzene rings is 2. The van der Waals surface area contributed by atoms with Gasteiger partial charge in [0, 0.05) is 19.5 Å². The molecule has 0 saturated carbocycles. The van der Waals surface area contributed by atoms with Crippen molar-refractivity contribution < 1.29 is 33.9 Å². The van der Waals surface area contributed by atoms with Crippen molar-refractivity contribution in [1.82, 2.24) is 20.9 Å². The fourth-order valence-corrected chi connectivity index (χ4v) is 5.02. The number of nitrogens with two attached hydrogens (primary N) is 1. The van der Waals surface area contributed by atoms with E-state index >= 15 is 0 Å². The van der Waals surface area contributed by atoms with Crippen LogP contribution in [0.15, 0.2) is 42.5 Å². The highest BCUT2D eigenvalue weighted by Crippen LogP contribution is 2.20. The van der Waals surface area contributed by atoms with Crippen LogP contribution in [0.25, 0.3) is 10.8 Å². The van der Waals surface area contributed by atoms with Crippen molar-refractivity contribution in [2.24, 2.45) is 23.5 Å². The Morgan fingerprint density at radius 2 is 1.58 bits per heavy atom. The van der Waals surface area contributed by atoms with E-state index in [1.54, 1.807) is 13.8 Å². The van der Waals surface area contributed by atoms with E-state index in [0.29, 0.717) is 6.42 Å². The Hall–Kier alpha value is -4.48. The molecule has 3 rings (SSSR count). The number of fused-ring (bicyclic) bond motifs is 1. The summed E-state index contributed by atoms with van der Waals surface area (Å²) in [6.07, 6.45) is -0.486. The van der Waals surface area contributed by atoms with E-state index in [4.69, 9.17) is 10.8 Å². The van der Waals surface area contributed by atoms with Crippen LogP contribution in [0.1, 0.15) is 46.1 Å². The highest BCUT2D eigenvalue weighted by molar-refractivity contribution is 6.38. The summed E-state index contributed by atoms with van der Waals surface area (Å²) in [5, 5.41) is 18.6. The Morgan fingerprint density at radius 3 is 2.16 bits per heavy atom. The molecule has 2 aromatic rings. The Balaban J connectivity index is 1.60. The molecule has 0 aromatic heterocycles. The van der Waals surface area contributed by atoms with Crippen LogP contribution in [0.4, 0.5) is 4.79 Å². The van der Waals surface area contributed by atoms with Gasteiger partial charge in [0.2, 0.25) is 23.5 Å². The molecule has 1 saturated heterocycles. The van der Waals surface area contributed by atoms with Crippen molar-refractivity contribution in [3.8, 4) is 0 Å². The molecule has 0 bridgehead atoms. The molecule has 2 aromatic carbocycles.